The number of carbonyl (C=O) groups excluding carboxylic acids is 1. The topological polar surface area (TPSA) is 82.1 Å². The van der Waals surface area contributed by atoms with Crippen LogP contribution in [0.3, 0.4) is 0 Å². The van der Waals surface area contributed by atoms with E-state index in [9.17, 15) is 13.2 Å². The molecule has 8 heteroatoms. The van der Waals surface area contributed by atoms with Crippen molar-refractivity contribution in [2.75, 3.05) is 25.6 Å². The molecule has 0 aliphatic carbocycles. The number of hydrogen-bond acceptors (Lipinski definition) is 6. The largest absolute Gasteiger partial charge is 0.497 e. The molecule has 3 rings (SSSR count). The summed E-state index contributed by atoms with van der Waals surface area (Å²) in [6.45, 7) is 0. The van der Waals surface area contributed by atoms with Crippen LogP contribution in [0.15, 0.2) is 77.7 Å². The Morgan fingerprint density at radius 3 is 1.70 bits per heavy atom. The predicted octanol–water partition coefficient (Wildman–Crippen LogP) is 3.75. The van der Waals surface area contributed by atoms with Crippen molar-refractivity contribution < 1.29 is 27.4 Å². The van der Waals surface area contributed by atoms with Crippen LogP contribution >= 0.6 is 0 Å². The minimum Gasteiger partial charge on any atom is -0.497 e. The molecule has 0 aliphatic heterocycles. The van der Waals surface area contributed by atoms with E-state index in [2.05, 4.69) is 0 Å². The average Bonchev–Trinajstić information content (AvgIpc) is 2.79. The molecule has 0 radical (unpaired) electrons. The highest BCUT2D eigenvalue weighted by atomic mass is 32.2. The van der Waals surface area contributed by atoms with E-state index in [0.29, 0.717) is 28.5 Å². The number of benzene rings is 3. The molecule has 7 nitrogen and oxygen atoms in total. The zero-order chi connectivity index (χ0) is 21.7. The van der Waals surface area contributed by atoms with Gasteiger partial charge in [-0.05, 0) is 72.8 Å². The second-order valence-electron chi connectivity index (χ2n) is 6.26. The van der Waals surface area contributed by atoms with E-state index in [-0.39, 0.29) is 4.90 Å². The van der Waals surface area contributed by atoms with Gasteiger partial charge in [0.2, 0.25) is 0 Å². The smallest absolute Gasteiger partial charge is 0.343 e. The van der Waals surface area contributed by atoms with Crippen molar-refractivity contribution in [2.24, 2.45) is 0 Å². The maximum absolute atomic E-state index is 12.8. The van der Waals surface area contributed by atoms with Crippen LogP contribution in [-0.4, -0.2) is 35.7 Å². The summed E-state index contributed by atoms with van der Waals surface area (Å²) in [6, 6.07) is 18.9. The molecular weight excluding hydrogens is 406 g/mol. The van der Waals surface area contributed by atoms with Crippen molar-refractivity contribution in [1.82, 2.24) is 0 Å². The Morgan fingerprint density at radius 1 is 0.733 bits per heavy atom. The van der Waals surface area contributed by atoms with Crippen LogP contribution in [-0.2, 0) is 10.0 Å². The average molecular weight is 427 g/mol. The molecule has 0 heterocycles. The molecule has 0 saturated carbocycles. The number of anilines is 1. The van der Waals surface area contributed by atoms with E-state index in [0.717, 1.165) is 4.31 Å². The summed E-state index contributed by atoms with van der Waals surface area (Å²) in [5, 5.41) is 0. The van der Waals surface area contributed by atoms with Crippen LogP contribution in [0.1, 0.15) is 10.4 Å². The van der Waals surface area contributed by atoms with Gasteiger partial charge in [0.15, 0.2) is 0 Å². The van der Waals surface area contributed by atoms with Crippen LogP contribution < -0.4 is 18.5 Å². The molecule has 0 atom stereocenters. The van der Waals surface area contributed by atoms with Gasteiger partial charge in [-0.15, -0.1) is 0 Å². The highest BCUT2D eigenvalue weighted by Gasteiger charge is 2.21. The van der Waals surface area contributed by atoms with Crippen LogP contribution in [0.25, 0.3) is 0 Å². The second-order valence-corrected chi connectivity index (χ2v) is 8.23. The molecule has 3 aromatic rings. The van der Waals surface area contributed by atoms with Gasteiger partial charge in [0, 0.05) is 7.05 Å². The Kier molecular flexibility index (Phi) is 6.27. The predicted molar refractivity (Wildman–Crippen MR) is 113 cm³/mol. The van der Waals surface area contributed by atoms with Gasteiger partial charge in [0.1, 0.15) is 17.2 Å². The molecule has 0 aromatic heterocycles. The normalized spacial score (nSPS) is 10.9. The van der Waals surface area contributed by atoms with E-state index >= 15 is 0 Å². The van der Waals surface area contributed by atoms with Gasteiger partial charge in [0.05, 0.1) is 30.4 Å². The van der Waals surface area contributed by atoms with Crippen molar-refractivity contribution in [3.8, 4) is 17.2 Å². The lowest BCUT2D eigenvalue weighted by molar-refractivity contribution is 0.0734. The first-order chi connectivity index (χ1) is 14.3. The van der Waals surface area contributed by atoms with Crippen LogP contribution in [0.2, 0.25) is 0 Å². The van der Waals surface area contributed by atoms with Crippen molar-refractivity contribution in [2.45, 2.75) is 4.90 Å². The van der Waals surface area contributed by atoms with E-state index in [1.165, 1.54) is 38.4 Å². The SMILES string of the molecule is COc1ccc(C(=O)Oc2ccc(N(C)S(=O)(=O)c3ccc(OC)cc3)cc2)cc1. The lowest BCUT2D eigenvalue weighted by atomic mass is 10.2. The summed E-state index contributed by atoms with van der Waals surface area (Å²) < 4.78 is 42.3. The van der Waals surface area contributed by atoms with E-state index < -0.39 is 16.0 Å². The summed E-state index contributed by atoms with van der Waals surface area (Å²) in [6.07, 6.45) is 0. The molecule has 0 N–H and O–H groups in total. The summed E-state index contributed by atoms with van der Waals surface area (Å²) in [7, 11) is 0.767. The monoisotopic (exact) mass is 427 g/mol. The fraction of sp³-hybridized carbons (Fsp3) is 0.136. The van der Waals surface area contributed by atoms with E-state index in [1.807, 2.05) is 0 Å². The third-order valence-corrected chi connectivity index (χ3v) is 6.25. The van der Waals surface area contributed by atoms with Gasteiger partial charge >= 0.3 is 5.97 Å². The number of hydrogen-bond donors (Lipinski definition) is 0. The van der Waals surface area contributed by atoms with Gasteiger partial charge < -0.3 is 14.2 Å². The van der Waals surface area contributed by atoms with E-state index in [1.54, 1.807) is 55.6 Å². The molecule has 0 unspecified atom stereocenters. The number of methoxy groups -OCH3 is 2. The minimum atomic E-state index is -3.74. The first-order valence-corrected chi connectivity index (χ1v) is 10.4. The first-order valence-electron chi connectivity index (χ1n) is 8.94. The number of esters is 1. The molecule has 0 amide bonds. The fourth-order valence-corrected chi connectivity index (χ4v) is 3.86. The summed E-state index contributed by atoms with van der Waals surface area (Å²) in [5.41, 5.74) is 0.800. The molecule has 0 fully saturated rings. The van der Waals surface area contributed by atoms with Crippen molar-refractivity contribution in [3.63, 3.8) is 0 Å². The van der Waals surface area contributed by atoms with Crippen LogP contribution in [0, 0.1) is 0 Å². The van der Waals surface area contributed by atoms with Gasteiger partial charge in [-0.2, -0.15) is 0 Å². The molecule has 156 valence electrons. The number of nitrogens with zero attached hydrogens (tertiary/aromatic N) is 1. The molecule has 0 spiro atoms. The van der Waals surface area contributed by atoms with Gasteiger partial charge in [-0.3, -0.25) is 4.31 Å². The summed E-state index contributed by atoms with van der Waals surface area (Å²) >= 11 is 0. The maximum atomic E-state index is 12.8. The Balaban J connectivity index is 1.72. The Labute approximate surface area is 175 Å². The lowest BCUT2D eigenvalue weighted by Crippen LogP contribution is -2.26. The standard InChI is InChI=1S/C22H21NO6S/c1-23(30(25,26)21-14-12-19(28-3)13-15-21)17-6-10-20(11-7-17)29-22(24)16-4-8-18(27-2)9-5-16/h4-15H,1-3H3. The molecule has 30 heavy (non-hydrogen) atoms. The Morgan fingerprint density at radius 2 is 1.20 bits per heavy atom. The van der Waals surface area contributed by atoms with Crippen molar-refractivity contribution in [3.05, 3.63) is 78.4 Å². The van der Waals surface area contributed by atoms with Crippen LogP contribution in [0.5, 0.6) is 17.2 Å². The number of rotatable bonds is 7. The minimum absolute atomic E-state index is 0.140. The summed E-state index contributed by atoms with van der Waals surface area (Å²) in [5.74, 6) is 0.982. The van der Waals surface area contributed by atoms with Gasteiger partial charge in [-0.25, -0.2) is 13.2 Å². The number of ether oxygens (including phenoxy) is 3. The zero-order valence-electron chi connectivity index (χ0n) is 16.7. The van der Waals surface area contributed by atoms with E-state index in [4.69, 9.17) is 14.2 Å². The van der Waals surface area contributed by atoms with Gasteiger partial charge in [0.25, 0.3) is 10.0 Å². The fourth-order valence-electron chi connectivity index (χ4n) is 2.66. The zero-order valence-corrected chi connectivity index (χ0v) is 17.5. The summed E-state index contributed by atoms with van der Waals surface area (Å²) in [4.78, 5) is 12.4. The highest BCUT2D eigenvalue weighted by Crippen LogP contribution is 2.26. The molecule has 0 bridgehead atoms. The third-order valence-electron chi connectivity index (χ3n) is 4.45. The Hall–Kier alpha value is -3.52. The third kappa shape index (κ3) is 4.55. The quantitative estimate of drug-likeness (QED) is 0.422. The molecule has 0 saturated heterocycles. The molecular formula is C22H21NO6S. The maximum Gasteiger partial charge on any atom is 0.343 e. The first kappa shape index (κ1) is 21.2. The number of carbonyl (C=O) groups is 1. The highest BCUT2D eigenvalue weighted by molar-refractivity contribution is 7.92. The van der Waals surface area contributed by atoms with Crippen LogP contribution in [0.4, 0.5) is 5.69 Å². The molecule has 3 aromatic carbocycles. The second kappa shape index (κ2) is 8.87. The molecule has 0 aliphatic rings. The van der Waals surface area contributed by atoms with Crippen molar-refractivity contribution in [1.29, 1.82) is 0 Å². The number of sulfonamides is 1. The van der Waals surface area contributed by atoms with Crippen molar-refractivity contribution >= 4 is 21.7 Å². The lowest BCUT2D eigenvalue weighted by Gasteiger charge is -2.20. The van der Waals surface area contributed by atoms with Gasteiger partial charge in [-0.1, -0.05) is 0 Å². The Bertz CT molecular complexity index is 1110.